The zero-order chi connectivity index (χ0) is 18.3. The standard InChI is InChI=1S/C21H23N3O2/c1-3-4-5-18-16-9-17(20(25)10-19(16)23-22-18)21(26)24-11-14-7-6-13(2)8-15(14)12-24/h6-10,25H,3-5,11-12H2,1-2H3,(H,22,23). The number of aryl methyl sites for hydroxylation is 2. The summed E-state index contributed by atoms with van der Waals surface area (Å²) in [7, 11) is 0. The second-order valence-electron chi connectivity index (χ2n) is 7.13. The molecule has 0 saturated carbocycles. The Kier molecular flexibility index (Phi) is 4.15. The lowest BCUT2D eigenvalue weighted by molar-refractivity contribution is 0.0748. The summed E-state index contributed by atoms with van der Waals surface area (Å²) in [4.78, 5) is 14.8. The second kappa shape index (κ2) is 6.48. The molecule has 0 fully saturated rings. The first kappa shape index (κ1) is 16.6. The molecule has 26 heavy (non-hydrogen) atoms. The van der Waals surface area contributed by atoms with Crippen LogP contribution in [0.15, 0.2) is 30.3 Å². The van der Waals surface area contributed by atoms with Crippen molar-refractivity contribution in [3.05, 3.63) is 58.3 Å². The van der Waals surface area contributed by atoms with Gasteiger partial charge in [-0.2, -0.15) is 5.10 Å². The summed E-state index contributed by atoms with van der Waals surface area (Å²) in [5.74, 6) is -0.149. The number of carbonyl (C=O) groups is 1. The molecule has 3 aromatic rings. The van der Waals surface area contributed by atoms with Crippen molar-refractivity contribution in [3.63, 3.8) is 0 Å². The monoisotopic (exact) mass is 349 g/mol. The van der Waals surface area contributed by atoms with Crippen LogP contribution in [0.5, 0.6) is 5.75 Å². The first-order valence-corrected chi connectivity index (χ1v) is 9.14. The average molecular weight is 349 g/mol. The zero-order valence-electron chi connectivity index (χ0n) is 15.2. The molecule has 0 aliphatic carbocycles. The summed E-state index contributed by atoms with van der Waals surface area (Å²) in [5.41, 5.74) is 5.63. The number of hydrogen-bond donors (Lipinski definition) is 2. The largest absolute Gasteiger partial charge is 0.507 e. The van der Waals surface area contributed by atoms with Crippen molar-refractivity contribution in [2.45, 2.75) is 46.2 Å². The van der Waals surface area contributed by atoms with E-state index in [4.69, 9.17) is 0 Å². The summed E-state index contributed by atoms with van der Waals surface area (Å²) in [6.45, 7) is 5.37. The van der Waals surface area contributed by atoms with Crippen LogP contribution in [-0.4, -0.2) is 26.1 Å². The normalized spacial score (nSPS) is 13.4. The van der Waals surface area contributed by atoms with E-state index in [0.717, 1.165) is 30.3 Å². The van der Waals surface area contributed by atoms with Crippen molar-refractivity contribution in [2.75, 3.05) is 0 Å². The number of carbonyl (C=O) groups excluding carboxylic acids is 1. The van der Waals surface area contributed by atoms with E-state index in [2.05, 4.69) is 42.2 Å². The predicted molar refractivity (Wildman–Crippen MR) is 101 cm³/mol. The van der Waals surface area contributed by atoms with Crippen molar-refractivity contribution in [1.82, 2.24) is 15.1 Å². The number of phenolic OH excluding ortho intramolecular Hbond substituents is 1. The molecule has 1 aromatic heterocycles. The minimum Gasteiger partial charge on any atom is -0.507 e. The van der Waals surface area contributed by atoms with E-state index in [9.17, 15) is 9.90 Å². The number of phenols is 1. The number of unbranched alkanes of at least 4 members (excludes halogenated alkanes) is 1. The third-order valence-electron chi connectivity index (χ3n) is 5.13. The fraction of sp³-hybridized carbons (Fsp3) is 0.333. The van der Waals surface area contributed by atoms with Gasteiger partial charge in [0.05, 0.1) is 11.1 Å². The fourth-order valence-electron chi connectivity index (χ4n) is 3.65. The Labute approximate surface area is 152 Å². The van der Waals surface area contributed by atoms with Crippen LogP contribution in [0.1, 0.15) is 52.5 Å². The molecule has 2 heterocycles. The molecule has 5 nitrogen and oxygen atoms in total. The minimum atomic E-state index is -0.138. The molecule has 2 aromatic carbocycles. The third kappa shape index (κ3) is 2.83. The number of aromatic nitrogens is 2. The van der Waals surface area contributed by atoms with Crippen molar-refractivity contribution in [3.8, 4) is 5.75 Å². The molecule has 0 bridgehead atoms. The number of amides is 1. The molecule has 0 unspecified atom stereocenters. The highest BCUT2D eigenvalue weighted by Crippen LogP contribution is 2.31. The molecule has 5 heteroatoms. The lowest BCUT2D eigenvalue weighted by atomic mass is 10.1. The molecular formula is C21H23N3O2. The topological polar surface area (TPSA) is 69.2 Å². The van der Waals surface area contributed by atoms with E-state index >= 15 is 0 Å². The fourth-order valence-corrected chi connectivity index (χ4v) is 3.65. The van der Waals surface area contributed by atoms with Gasteiger partial charge in [0, 0.05) is 30.2 Å². The number of nitrogens with zero attached hydrogens (tertiary/aromatic N) is 2. The number of benzene rings is 2. The number of H-pyrrole nitrogens is 1. The lowest BCUT2D eigenvalue weighted by Gasteiger charge is -2.16. The maximum absolute atomic E-state index is 13.0. The number of aromatic amines is 1. The minimum absolute atomic E-state index is 0.0109. The highest BCUT2D eigenvalue weighted by atomic mass is 16.3. The quantitative estimate of drug-likeness (QED) is 0.746. The van der Waals surface area contributed by atoms with Gasteiger partial charge in [0.15, 0.2) is 0 Å². The van der Waals surface area contributed by atoms with E-state index in [1.165, 1.54) is 16.7 Å². The first-order chi connectivity index (χ1) is 12.6. The van der Waals surface area contributed by atoms with E-state index in [1.54, 1.807) is 17.0 Å². The molecule has 0 spiro atoms. The number of rotatable bonds is 4. The van der Waals surface area contributed by atoms with Crippen molar-refractivity contribution in [1.29, 1.82) is 0 Å². The summed E-state index contributed by atoms with van der Waals surface area (Å²) < 4.78 is 0. The van der Waals surface area contributed by atoms with E-state index in [-0.39, 0.29) is 11.7 Å². The van der Waals surface area contributed by atoms with Gasteiger partial charge in [0.25, 0.3) is 5.91 Å². The summed E-state index contributed by atoms with van der Waals surface area (Å²) in [5, 5.41) is 18.6. The Hall–Kier alpha value is -2.82. The molecule has 0 saturated heterocycles. The maximum Gasteiger partial charge on any atom is 0.258 e. The van der Waals surface area contributed by atoms with E-state index in [1.807, 2.05) is 0 Å². The van der Waals surface area contributed by atoms with Crippen LogP contribution in [0.3, 0.4) is 0 Å². The Bertz CT molecular complexity index is 990. The van der Waals surface area contributed by atoms with Crippen LogP contribution >= 0.6 is 0 Å². The van der Waals surface area contributed by atoms with E-state index < -0.39 is 0 Å². The van der Waals surface area contributed by atoms with Gasteiger partial charge in [-0.25, -0.2) is 0 Å². The zero-order valence-corrected chi connectivity index (χ0v) is 15.2. The Morgan fingerprint density at radius 2 is 2.04 bits per heavy atom. The van der Waals surface area contributed by atoms with Gasteiger partial charge in [-0.05, 0) is 37.0 Å². The Balaban J connectivity index is 1.65. The third-order valence-corrected chi connectivity index (χ3v) is 5.13. The van der Waals surface area contributed by atoms with Gasteiger partial charge < -0.3 is 10.0 Å². The molecular weight excluding hydrogens is 326 g/mol. The van der Waals surface area contributed by atoms with Crippen molar-refractivity contribution < 1.29 is 9.90 Å². The summed E-state index contributed by atoms with van der Waals surface area (Å²) >= 11 is 0. The van der Waals surface area contributed by atoms with Gasteiger partial charge in [0.1, 0.15) is 5.75 Å². The number of fused-ring (bicyclic) bond motifs is 2. The van der Waals surface area contributed by atoms with E-state index in [0.29, 0.717) is 24.2 Å². The average Bonchev–Trinajstić information content (AvgIpc) is 3.21. The smallest absolute Gasteiger partial charge is 0.258 e. The van der Waals surface area contributed by atoms with Crippen molar-refractivity contribution in [2.24, 2.45) is 0 Å². The Morgan fingerprint density at radius 3 is 2.85 bits per heavy atom. The van der Waals surface area contributed by atoms with Crippen molar-refractivity contribution >= 4 is 16.8 Å². The first-order valence-electron chi connectivity index (χ1n) is 9.14. The molecule has 4 rings (SSSR count). The van der Waals surface area contributed by atoms with Gasteiger partial charge in [0.2, 0.25) is 0 Å². The summed E-state index contributed by atoms with van der Waals surface area (Å²) in [6, 6.07) is 9.66. The highest BCUT2D eigenvalue weighted by Gasteiger charge is 2.26. The molecule has 0 atom stereocenters. The van der Waals surface area contributed by atoms with Crippen LogP contribution in [0.4, 0.5) is 0 Å². The van der Waals surface area contributed by atoms with Gasteiger partial charge in [-0.3, -0.25) is 9.89 Å². The number of hydrogen-bond acceptors (Lipinski definition) is 3. The maximum atomic E-state index is 13.0. The molecule has 1 aliphatic heterocycles. The van der Waals surface area contributed by atoms with Crippen LogP contribution < -0.4 is 0 Å². The lowest BCUT2D eigenvalue weighted by Crippen LogP contribution is -2.25. The predicted octanol–water partition coefficient (Wildman–Crippen LogP) is 4.08. The number of aromatic hydroxyl groups is 1. The molecule has 1 amide bonds. The van der Waals surface area contributed by atoms with Gasteiger partial charge in [-0.1, -0.05) is 37.1 Å². The Morgan fingerprint density at radius 1 is 1.23 bits per heavy atom. The SMILES string of the molecule is CCCCc1[nH]nc2cc(O)c(C(=O)N3Cc4ccc(C)cc4C3)cc12. The number of nitrogens with one attached hydrogen (secondary N) is 1. The molecule has 134 valence electrons. The van der Waals surface area contributed by atoms with Gasteiger partial charge in [-0.15, -0.1) is 0 Å². The van der Waals surface area contributed by atoms with Gasteiger partial charge >= 0.3 is 0 Å². The van der Waals surface area contributed by atoms with Crippen LogP contribution in [0, 0.1) is 6.92 Å². The highest BCUT2D eigenvalue weighted by molar-refractivity contribution is 6.01. The van der Waals surface area contributed by atoms with Crippen LogP contribution in [0.25, 0.3) is 10.9 Å². The van der Waals surface area contributed by atoms with Crippen LogP contribution in [0.2, 0.25) is 0 Å². The summed E-state index contributed by atoms with van der Waals surface area (Å²) in [6.07, 6.45) is 3.04. The molecule has 1 aliphatic rings. The second-order valence-corrected chi connectivity index (χ2v) is 7.13. The van der Waals surface area contributed by atoms with Crippen LogP contribution in [-0.2, 0) is 19.5 Å². The molecule has 0 radical (unpaired) electrons. The molecule has 2 N–H and O–H groups in total.